The molecule has 2 rings (SSSR count). The van der Waals surface area contributed by atoms with Crippen molar-refractivity contribution in [1.82, 2.24) is 4.98 Å². The summed E-state index contributed by atoms with van der Waals surface area (Å²) in [4.78, 5) is 6.52. The second-order valence-corrected chi connectivity index (χ2v) is 3.54. The van der Waals surface area contributed by atoms with Crippen molar-refractivity contribution in [2.45, 2.75) is 13.0 Å². The molecule has 1 unspecified atom stereocenters. The summed E-state index contributed by atoms with van der Waals surface area (Å²) in [6.07, 6.45) is 0. The van der Waals surface area contributed by atoms with E-state index in [9.17, 15) is 0 Å². The topological polar surface area (TPSA) is 51.4 Å². The Morgan fingerprint density at radius 2 is 2.43 bits per heavy atom. The van der Waals surface area contributed by atoms with Gasteiger partial charge in [0.2, 0.25) is 0 Å². The average Bonchev–Trinajstić information content (AvgIpc) is 2.18. The molecule has 0 spiro atoms. The first kappa shape index (κ1) is 9.27. The third-order valence-corrected chi connectivity index (χ3v) is 2.42. The predicted molar refractivity (Wildman–Crippen MR) is 56.3 cm³/mol. The molecule has 1 fully saturated rings. The smallest absolute Gasteiger partial charge is 0.131 e. The molecule has 4 nitrogen and oxygen atoms in total. The van der Waals surface area contributed by atoms with Crippen molar-refractivity contribution in [3.8, 4) is 0 Å². The first-order valence-corrected chi connectivity index (χ1v) is 4.84. The number of hydrogen-bond donors (Lipinski definition) is 1. The van der Waals surface area contributed by atoms with Gasteiger partial charge in [-0.25, -0.2) is 4.98 Å². The molecule has 0 bridgehead atoms. The van der Waals surface area contributed by atoms with E-state index >= 15 is 0 Å². The molecule has 0 saturated carbocycles. The number of pyridine rings is 1. The Labute approximate surface area is 83.7 Å². The molecule has 1 aromatic rings. The fourth-order valence-electron chi connectivity index (χ4n) is 1.67. The third kappa shape index (κ3) is 1.80. The molecule has 1 atom stereocenters. The molecule has 4 heteroatoms. The number of rotatable bonds is 1. The van der Waals surface area contributed by atoms with Crippen molar-refractivity contribution < 1.29 is 4.74 Å². The number of nitrogens with two attached hydrogens (primary N) is 1. The highest BCUT2D eigenvalue weighted by molar-refractivity contribution is 5.45. The van der Waals surface area contributed by atoms with Crippen LogP contribution in [0.15, 0.2) is 18.2 Å². The van der Waals surface area contributed by atoms with Crippen LogP contribution in [0.5, 0.6) is 0 Å². The maximum atomic E-state index is 5.64. The quantitative estimate of drug-likeness (QED) is 0.719. The molecule has 2 heterocycles. The summed E-state index contributed by atoms with van der Waals surface area (Å²) in [7, 11) is 0. The number of aromatic nitrogens is 1. The van der Waals surface area contributed by atoms with Gasteiger partial charge in [0.05, 0.1) is 19.3 Å². The second kappa shape index (κ2) is 3.84. The first-order valence-electron chi connectivity index (χ1n) is 4.84. The van der Waals surface area contributed by atoms with Crippen LogP contribution >= 0.6 is 0 Å². The SMILES string of the molecule is CC1COCCN1c1cccc(N)n1. The van der Waals surface area contributed by atoms with Crippen molar-refractivity contribution in [2.75, 3.05) is 30.4 Å². The van der Waals surface area contributed by atoms with Crippen LogP contribution in [0.2, 0.25) is 0 Å². The Balaban J connectivity index is 2.20. The van der Waals surface area contributed by atoms with Gasteiger partial charge in [-0.15, -0.1) is 0 Å². The van der Waals surface area contributed by atoms with Crippen molar-refractivity contribution in [1.29, 1.82) is 0 Å². The van der Waals surface area contributed by atoms with Crippen LogP contribution in [0, 0.1) is 0 Å². The summed E-state index contributed by atoms with van der Waals surface area (Å²) >= 11 is 0. The lowest BCUT2D eigenvalue weighted by Crippen LogP contribution is -2.44. The first-order chi connectivity index (χ1) is 6.77. The molecule has 0 radical (unpaired) electrons. The van der Waals surface area contributed by atoms with Gasteiger partial charge < -0.3 is 15.4 Å². The van der Waals surface area contributed by atoms with Gasteiger partial charge in [0.15, 0.2) is 0 Å². The van der Waals surface area contributed by atoms with E-state index in [1.54, 1.807) is 6.07 Å². The van der Waals surface area contributed by atoms with Crippen molar-refractivity contribution in [3.63, 3.8) is 0 Å². The highest BCUT2D eigenvalue weighted by Crippen LogP contribution is 2.17. The van der Waals surface area contributed by atoms with E-state index in [4.69, 9.17) is 10.5 Å². The lowest BCUT2D eigenvalue weighted by Gasteiger charge is -2.34. The monoisotopic (exact) mass is 193 g/mol. The third-order valence-electron chi connectivity index (χ3n) is 2.42. The van der Waals surface area contributed by atoms with Crippen LogP contribution in [-0.4, -0.2) is 30.8 Å². The van der Waals surface area contributed by atoms with E-state index in [0.29, 0.717) is 11.9 Å². The summed E-state index contributed by atoms with van der Waals surface area (Å²) < 4.78 is 5.36. The summed E-state index contributed by atoms with van der Waals surface area (Å²) in [6.45, 7) is 4.54. The molecule has 1 saturated heterocycles. The van der Waals surface area contributed by atoms with E-state index < -0.39 is 0 Å². The molecule has 1 aliphatic heterocycles. The van der Waals surface area contributed by atoms with Gasteiger partial charge in [0, 0.05) is 6.54 Å². The molecule has 14 heavy (non-hydrogen) atoms. The zero-order valence-corrected chi connectivity index (χ0v) is 8.31. The molecule has 0 amide bonds. The van der Waals surface area contributed by atoms with E-state index in [2.05, 4.69) is 16.8 Å². The molecule has 1 aromatic heterocycles. The van der Waals surface area contributed by atoms with Crippen LogP contribution < -0.4 is 10.6 Å². The lowest BCUT2D eigenvalue weighted by atomic mass is 10.2. The van der Waals surface area contributed by atoms with Gasteiger partial charge in [-0.2, -0.15) is 0 Å². The standard InChI is InChI=1S/C10H15N3O/c1-8-7-14-6-5-13(8)10-4-2-3-9(11)12-10/h2-4,8H,5-7H2,1H3,(H2,11,12). The number of nitrogens with zero attached hydrogens (tertiary/aromatic N) is 2. The number of morpholine rings is 1. The van der Waals surface area contributed by atoms with Crippen molar-refractivity contribution in [3.05, 3.63) is 18.2 Å². The highest BCUT2D eigenvalue weighted by Gasteiger charge is 2.19. The predicted octanol–water partition coefficient (Wildman–Crippen LogP) is 0.889. The number of hydrogen-bond acceptors (Lipinski definition) is 4. The fourth-order valence-corrected chi connectivity index (χ4v) is 1.67. The molecule has 1 aliphatic rings. The number of nitrogen functional groups attached to an aromatic ring is 1. The molecule has 0 aliphatic carbocycles. The number of ether oxygens (including phenoxy) is 1. The minimum atomic E-state index is 0.373. The molecule has 2 N–H and O–H groups in total. The van der Waals surface area contributed by atoms with Crippen LogP contribution in [-0.2, 0) is 4.74 Å². The molecular formula is C10H15N3O. The van der Waals surface area contributed by atoms with Gasteiger partial charge in [-0.3, -0.25) is 0 Å². The van der Waals surface area contributed by atoms with Gasteiger partial charge in [0.1, 0.15) is 11.6 Å². The van der Waals surface area contributed by atoms with Crippen LogP contribution in [0.1, 0.15) is 6.92 Å². The lowest BCUT2D eigenvalue weighted by molar-refractivity contribution is 0.0985. The van der Waals surface area contributed by atoms with E-state index in [0.717, 1.165) is 25.6 Å². The zero-order chi connectivity index (χ0) is 9.97. The molecule has 76 valence electrons. The van der Waals surface area contributed by atoms with Gasteiger partial charge in [-0.05, 0) is 19.1 Å². The average molecular weight is 193 g/mol. The fraction of sp³-hybridized carbons (Fsp3) is 0.500. The maximum Gasteiger partial charge on any atom is 0.131 e. The largest absolute Gasteiger partial charge is 0.384 e. The Kier molecular flexibility index (Phi) is 2.54. The van der Waals surface area contributed by atoms with Gasteiger partial charge in [-0.1, -0.05) is 6.07 Å². The Bertz CT molecular complexity index is 316. The highest BCUT2D eigenvalue weighted by atomic mass is 16.5. The van der Waals surface area contributed by atoms with Crippen molar-refractivity contribution >= 4 is 11.6 Å². The Morgan fingerprint density at radius 1 is 1.57 bits per heavy atom. The van der Waals surface area contributed by atoms with Crippen molar-refractivity contribution in [2.24, 2.45) is 0 Å². The maximum absolute atomic E-state index is 5.64. The van der Waals surface area contributed by atoms with E-state index in [-0.39, 0.29) is 0 Å². The van der Waals surface area contributed by atoms with Gasteiger partial charge in [0.25, 0.3) is 0 Å². The second-order valence-electron chi connectivity index (χ2n) is 3.54. The minimum absolute atomic E-state index is 0.373. The van der Waals surface area contributed by atoms with Crippen LogP contribution in [0.3, 0.4) is 0 Å². The summed E-state index contributed by atoms with van der Waals surface area (Å²) in [5.74, 6) is 1.52. The zero-order valence-electron chi connectivity index (χ0n) is 8.31. The molecular weight excluding hydrogens is 178 g/mol. The Hall–Kier alpha value is -1.29. The van der Waals surface area contributed by atoms with Crippen LogP contribution in [0.25, 0.3) is 0 Å². The van der Waals surface area contributed by atoms with E-state index in [1.807, 2.05) is 12.1 Å². The number of anilines is 2. The summed E-state index contributed by atoms with van der Waals surface area (Å²) in [6, 6.07) is 6.09. The van der Waals surface area contributed by atoms with Gasteiger partial charge >= 0.3 is 0 Å². The summed E-state index contributed by atoms with van der Waals surface area (Å²) in [5.41, 5.74) is 5.64. The van der Waals surface area contributed by atoms with Crippen LogP contribution in [0.4, 0.5) is 11.6 Å². The summed E-state index contributed by atoms with van der Waals surface area (Å²) in [5, 5.41) is 0. The molecule has 0 aromatic carbocycles. The minimum Gasteiger partial charge on any atom is -0.384 e. The van der Waals surface area contributed by atoms with E-state index in [1.165, 1.54) is 0 Å². The Morgan fingerprint density at radius 3 is 3.14 bits per heavy atom. The normalized spacial score (nSPS) is 22.4.